The highest BCUT2D eigenvalue weighted by Gasteiger charge is 2.23. The maximum Gasteiger partial charge on any atom is 0.242 e. The third kappa shape index (κ3) is 3.25. The highest BCUT2D eigenvalue weighted by atomic mass is 35.5. The van der Waals surface area contributed by atoms with Crippen LogP contribution in [0.25, 0.3) is 0 Å². The maximum absolute atomic E-state index is 12.0. The lowest BCUT2D eigenvalue weighted by molar-refractivity contribution is -0.121. The Morgan fingerprint density at radius 1 is 1.56 bits per heavy atom. The third-order valence-corrected chi connectivity index (χ3v) is 3.90. The van der Waals surface area contributed by atoms with Crippen molar-refractivity contribution < 1.29 is 4.79 Å². The summed E-state index contributed by atoms with van der Waals surface area (Å²) < 4.78 is 1.78. The fraction of sp³-hybridized carbons (Fsp3) is 0.692. The van der Waals surface area contributed by atoms with Gasteiger partial charge in [0.15, 0.2) is 0 Å². The molecule has 0 saturated heterocycles. The molecule has 4 nitrogen and oxygen atoms in total. The third-order valence-electron chi connectivity index (χ3n) is 3.45. The molecule has 0 aliphatic heterocycles. The summed E-state index contributed by atoms with van der Waals surface area (Å²) in [6, 6.07) is 0.300. The second-order valence-electron chi connectivity index (χ2n) is 4.84. The number of nitrogens with one attached hydrogen (secondary N) is 1. The van der Waals surface area contributed by atoms with Crippen molar-refractivity contribution in [3.63, 3.8) is 0 Å². The van der Waals surface area contributed by atoms with E-state index in [-0.39, 0.29) is 5.91 Å². The van der Waals surface area contributed by atoms with E-state index in [0.717, 1.165) is 24.9 Å². The lowest BCUT2D eigenvalue weighted by Crippen LogP contribution is -2.37. The lowest BCUT2D eigenvalue weighted by atomic mass is 9.95. The average molecular weight is 270 g/mol. The second-order valence-corrected chi connectivity index (χ2v) is 5.27. The first-order valence-electron chi connectivity index (χ1n) is 6.67. The van der Waals surface area contributed by atoms with Crippen LogP contribution in [0.4, 0.5) is 0 Å². The van der Waals surface area contributed by atoms with Gasteiger partial charge in [0.05, 0.1) is 6.20 Å². The molecule has 0 bridgehead atoms. The van der Waals surface area contributed by atoms with E-state index in [1.165, 1.54) is 19.3 Å². The van der Waals surface area contributed by atoms with E-state index in [1.54, 1.807) is 10.9 Å². The van der Waals surface area contributed by atoms with Crippen molar-refractivity contribution in [3.05, 3.63) is 18.0 Å². The Bertz CT molecular complexity index is 399. The summed E-state index contributed by atoms with van der Waals surface area (Å²) in [7, 11) is 0. The fourth-order valence-corrected chi connectivity index (χ4v) is 2.53. The molecule has 1 unspecified atom stereocenters. The first-order chi connectivity index (χ1) is 8.70. The summed E-state index contributed by atoms with van der Waals surface area (Å²) in [4.78, 5) is 12.0. The van der Waals surface area contributed by atoms with Crippen LogP contribution < -0.4 is 5.32 Å². The minimum Gasteiger partial charge on any atom is -0.352 e. The molecule has 1 aromatic heterocycles. The van der Waals surface area contributed by atoms with Gasteiger partial charge < -0.3 is 5.32 Å². The molecule has 1 heterocycles. The monoisotopic (exact) mass is 269 g/mol. The van der Waals surface area contributed by atoms with Gasteiger partial charge in [-0.1, -0.05) is 19.3 Å². The van der Waals surface area contributed by atoms with Crippen molar-refractivity contribution >= 4 is 17.5 Å². The zero-order valence-electron chi connectivity index (χ0n) is 10.7. The van der Waals surface area contributed by atoms with Crippen LogP contribution in [0.5, 0.6) is 0 Å². The van der Waals surface area contributed by atoms with Crippen molar-refractivity contribution in [1.82, 2.24) is 15.1 Å². The smallest absolute Gasteiger partial charge is 0.242 e. The van der Waals surface area contributed by atoms with Crippen LogP contribution in [0.2, 0.25) is 0 Å². The zero-order chi connectivity index (χ0) is 13.0. The van der Waals surface area contributed by atoms with Gasteiger partial charge in [-0.15, -0.1) is 11.6 Å². The van der Waals surface area contributed by atoms with Gasteiger partial charge in [0.2, 0.25) is 5.91 Å². The largest absolute Gasteiger partial charge is 0.352 e. The maximum atomic E-state index is 12.0. The molecular formula is C13H20ClN3O. The topological polar surface area (TPSA) is 46.9 Å². The van der Waals surface area contributed by atoms with Crippen LogP contribution in [0, 0.1) is 0 Å². The Labute approximate surface area is 113 Å². The minimum absolute atomic E-state index is 0.0979. The summed E-state index contributed by atoms with van der Waals surface area (Å²) in [5.41, 5.74) is 0.770. The van der Waals surface area contributed by atoms with Crippen LogP contribution in [0.15, 0.2) is 12.4 Å². The van der Waals surface area contributed by atoms with Gasteiger partial charge in [0.25, 0.3) is 0 Å². The van der Waals surface area contributed by atoms with Crippen molar-refractivity contribution in [3.8, 4) is 0 Å². The molecular weight excluding hydrogens is 250 g/mol. The van der Waals surface area contributed by atoms with Gasteiger partial charge in [-0.25, -0.2) is 0 Å². The van der Waals surface area contributed by atoms with Gasteiger partial charge in [0, 0.05) is 24.3 Å². The molecule has 100 valence electrons. The summed E-state index contributed by atoms with van der Waals surface area (Å²) in [6.07, 6.45) is 9.32. The summed E-state index contributed by atoms with van der Waals surface area (Å²) >= 11 is 6.18. The summed E-state index contributed by atoms with van der Waals surface area (Å²) in [6.45, 7) is 2.79. The quantitative estimate of drug-likeness (QED) is 0.854. The van der Waals surface area contributed by atoms with Gasteiger partial charge in [-0.2, -0.15) is 5.10 Å². The van der Waals surface area contributed by atoms with E-state index >= 15 is 0 Å². The summed E-state index contributed by atoms with van der Waals surface area (Å²) in [5, 5.41) is 6.54. The van der Waals surface area contributed by atoms with Gasteiger partial charge >= 0.3 is 0 Å². The summed E-state index contributed by atoms with van der Waals surface area (Å²) in [5.74, 6) is -0.0979. The SMILES string of the molecule is CCn1cc(C(Cl)C(=O)NC2CCCCC2)cn1. The van der Waals surface area contributed by atoms with E-state index in [9.17, 15) is 4.79 Å². The predicted octanol–water partition coefficient (Wildman–Crippen LogP) is 2.63. The van der Waals surface area contributed by atoms with Crippen LogP contribution in [-0.4, -0.2) is 21.7 Å². The van der Waals surface area contributed by atoms with Crippen molar-refractivity contribution in [2.24, 2.45) is 0 Å². The number of carbonyl (C=O) groups is 1. The zero-order valence-corrected chi connectivity index (χ0v) is 11.5. The van der Waals surface area contributed by atoms with E-state index in [1.807, 2.05) is 13.1 Å². The molecule has 1 fully saturated rings. The molecule has 0 aromatic carbocycles. The average Bonchev–Trinajstić information content (AvgIpc) is 2.87. The first kappa shape index (κ1) is 13.4. The fourth-order valence-electron chi connectivity index (χ4n) is 2.36. The highest BCUT2D eigenvalue weighted by Crippen LogP contribution is 2.22. The van der Waals surface area contributed by atoms with Crippen LogP contribution >= 0.6 is 11.6 Å². The first-order valence-corrected chi connectivity index (χ1v) is 7.11. The molecule has 18 heavy (non-hydrogen) atoms. The molecule has 1 atom stereocenters. The lowest BCUT2D eigenvalue weighted by Gasteiger charge is -2.23. The van der Waals surface area contributed by atoms with Crippen molar-refractivity contribution in [2.75, 3.05) is 0 Å². The Kier molecular flexibility index (Phi) is 4.64. The number of aryl methyl sites for hydroxylation is 1. The molecule has 5 heteroatoms. The number of nitrogens with zero attached hydrogens (tertiary/aromatic N) is 2. The van der Waals surface area contributed by atoms with Gasteiger partial charge in [0.1, 0.15) is 5.38 Å². The molecule has 1 amide bonds. The number of aromatic nitrogens is 2. The van der Waals surface area contributed by atoms with E-state index < -0.39 is 5.38 Å². The number of halogens is 1. The predicted molar refractivity (Wildman–Crippen MR) is 71.5 cm³/mol. The van der Waals surface area contributed by atoms with Crippen molar-refractivity contribution in [2.45, 2.75) is 57.0 Å². The van der Waals surface area contributed by atoms with Gasteiger partial charge in [-0.3, -0.25) is 9.48 Å². The molecule has 1 aliphatic carbocycles. The number of rotatable bonds is 4. The number of hydrogen-bond donors (Lipinski definition) is 1. The minimum atomic E-state index is -0.632. The van der Waals surface area contributed by atoms with E-state index in [2.05, 4.69) is 10.4 Å². The highest BCUT2D eigenvalue weighted by molar-refractivity contribution is 6.30. The molecule has 0 spiro atoms. The second kappa shape index (κ2) is 6.23. The van der Waals surface area contributed by atoms with Crippen molar-refractivity contribution in [1.29, 1.82) is 0 Å². The molecule has 2 rings (SSSR count). The van der Waals surface area contributed by atoms with Crippen LogP contribution in [0.3, 0.4) is 0 Å². The Hall–Kier alpha value is -1.03. The Morgan fingerprint density at radius 3 is 2.89 bits per heavy atom. The Morgan fingerprint density at radius 2 is 2.28 bits per heavy atom. The molecule has 1 aromatic rings. The normalized spacial score (nSPS) is 18.6. The molecule has 1 aliphatic rings. The Balaban J connectivity index is 1.91. The molecule has 1 saturated carbocycles. The number of carbonyl (C=O) groups excluding carboxylic acids is 1. The van der Waals surface area contributed by atoms with E-state index in [4.69, 9.17) is 11.6 Å². The van der Waals surface area contributed by atoms with Gasteiger partial charge in [-0.05, 0) is 19.8 Å². The van der Waals surface area contributed by atoms with Crippen LogP contribution in [-0.2, 0) is 11.3 Å². The van der Waals surface area contributed by atoms with E-state index in [0.29, 0.717) is 6.04 Å². The van der Waals surface area contributed by atoms with Crippen LogP contribution in [0.1, 0.15) is 50.0 Å². The molecule has 1 N–H and O–H groups in total. The number of hydrogen-bond acceptors (Lipinski definition) is 2. The molecule has 0 radical (unpaired) electrons. The number of alkyl halides is 1. The standard InChI is InChI=1S/C13H20ClN3O/c1-2-17-9-10(8-15-17)12(14)13(18)16-11-6-4-3-5-7-11/h8-9,11-12H,2-7H2,1H3,(H,16,18). The number of amides is 1.